The highest BCUT2D eigenvalue weighted by Crippen LogP contribution is 2.31. The molecule has 0 saturated carbocycles. The van der Waals surface area contributed by atoms with Crippen LogP contribution < -0.4 is 5.32 Å². The lowest BCUT2D eigenvalue weighted by atomic mass is 9.96. The first-order valence-electron chi connectivity index (χ1n) is 5.15. The third-order valence-corrected chi connectivity index (χ3v) is 2.93. The van der Waals surface area contributed by atoms with Crippen LogP contribution in [0.5, 0.6) is 0 Å². The van der Waals surface area contributed by atoms with Gasteiger partial charge in [0.2, 0.25) is 0 Å². The highest BCUT2D eigenvalue weighted by Gasteiger charge is 2.33. The van der Waals surface area contributed by atoms with Crippen LogP contribution in [0.25, 0.3) is 0 Å². The van der Waals surface area contributed by atoms with Gasteiger partial charge in [0, 0.05) is 6.61 Å². The highest BCUT2D eigenvalue weighted by molar-refractivity contribution is 5.07. The molecule has 0 amide bonds. The van der Waals surface area contributed by atoms with Crippen molar-refractivity contribution in [1.82, 2.24) is 5.32 Å². The van der Waals surface area contributed by atoms with Gasteiger partial charge in [0.25, 0.3) is 0 Å². The molecule has 3 atom stereocenters. The molecule has 1 fully saturated rings. The number of hydrogen-bond acceptors (Lipinski definition) is 3. The minimum atomic E-state index is 0.183. The molecule has 3 nitrogen and oxygen atoms in total. The summed E-state index contributed by atoms with van der Waals surface area (Å²) in [5.74, 6) is 1.56. The highest BCUT2D eigenvalue weighted by atomic mass is 16.5. The summed E-state index contributed by atoms with van der Waals surface area (Å²) in [6.07, 6.45) is 3.09. The summed E-state index contributed by atoms with van der Waals surface area (Å²) >= 11 is 0. The van der Waals surface area contributed by atoms with Crippen LogP contribution in [-0.2, 0) is 4.74 Å². The number of ether oxygens (including phenoxy) is 1. The van der Waals surface area contributed by atoms with Crippen molar-refractivity contribution >= 4 is 0 Å². The normalized spacial score (nSPS) is 29.3. The van der Waals surface area contributed by atoms with Gasteiger partial charge in [0.15, 0.2) is 0 Å². The first-order valence-corrected chi connectivity index (χ1v) is 5.15. The summed E-state index contributed by atoms with van der Waals surface area (Å²) in [6, 6.07) is 4.09. The summed E-state index contributed by atoms with van der Waals surface area (Å²) in [4.78, 5) is 0. The van der Waals surface area contributed by atoms with Gasteiger partial charge >= 0.3 is 0 Å². The minimum Gasteiger partial charge on any atom is -0.468 e. The number of hydrogen-bond donors (Lipinski definition) is 1. The summed E-state index contributed by atoms with van der Waals surface area (Å²) in [6.45, 7) is 3.09. The van der Waals surface area contributed by atoms with E-state index < -0.39 is 0 Å². The lowest BCUT2D eigenvalue weighted by molar-refractivity contribution is 0.0564. The lowest BCUT2D eigenvalue weighted by Gasteiger charge is -2.23. The Labute approximate surface area is 84.4 Å². The molecule has 14 heavy (non-hydrogen) atoms. The zero-order valence-corrected chi connectivity index (χ0v) is 8.69. The molecule has 0 aliphatic carbocycles. The molecule has 1 aromatic rings. The summed E-state index contributed by atoms with van der Waals surface area (Å²) in [7, 11) is 1.95. The van der Waals surface area contributed by atoms with Crippen molar-refractivity contribution in [3.8, 4) is 0 Å². The maximum absolute atomic E-state index is 5.72. The summed E-state index contributed by atoms with van der Waals surface area (Å²) in [5.41, 5.74) is 0. The Morgan fingerprint density at radius 3 is 2.93 bits per heavy atom. The molecule has 1 aliphatic heterocycles. The van der Waals surface area contributed by atoms with Gasteiger partial charge in [-0.25, -0.2) is 0 Å². The van der Waals surface area contributed by atoms with Crippen molar-refractivity contribution in [2.24, 2.45) is 5.92 Å². The van der Waals surface area contributed by atoms with E-state index in [9.17, 15) is 0 Å². The van der Waals surface area contributed by atoms with Gasteiger partial charge in [-0.05, 0) is 31.5 Å². The van der Waals surface area contributed by atoms with Crippen LogP contribution in [-0.4, -0.2) is 19.8 Å². The van der Waals surface area contributed by atoms with Crippen molar-refractivity contribution in [3.63, 3.8) is 0 Å². The average Bonchev–Trinajstić information content (AvgIpc) is 2.80. The Hall–Kier alpha value is -0.800. The molecule has 0 radical (unpaired) electrons. The van der Waals surface area contributed by atoms with Crippen LogP contribution in [0.15, 0.2) is 22.8 Å². The SMILES string of the molecule is CNC(c1ccco1)C1OCCC1C. The van der Waals surface area contributed by atoms with Crippen LogP contribution in [0.2, 0.25) is 0 Å². The van der Waals surface area contributed by atoms with Gasteiger partial charge in [-0.15, -0.1) is 0 Å². The Morgan fingerprint density at radius 2 is 2.43 bits per heavy atom. The smallest absolute Gasteiger partial charge is 0.123 e. The van der Waals surface area contributed by atoms with E-state index in [1.54, 1.807) is 6.26 Å². The molecule has 0 aromatic carbocycles. The molecule has 1 aliphatic rings. The van der Waals surface area contributed by atoms with Gasteiger partial charge < -0.3 is 14.5 Å². The predicted molar refractivity (Wildman–Crippen MR) is 54.0 cm³/mol. The monoisotopic (exact) mass is 195 g/mol. The topological polar surface area (TPSA) is 34.4 Å². The van der Waals surface area contributed by atoms with Gasteiger partial charge in [0.1, 0.15) is 5.76 Å². The average molecular weight is 195 g/mol. The Balaban J connectivity index is 2.13. The maximum atomic E-state index is 5.72. The molecule has 1 aromatic heterocycles. The molecule has 2 heterocycles. The van der Waals surface area contributed by atoms with Crippen molar-refractivity contribution < 1.29 is 9.15 Å². The second kappa shape index (κ2) is 4.15. The van der Waals surface area contributed by atoms with Crippen molar-refractivity contribution in [1.29, 1.82) is 0 Å². The van der Waals surface area contributed by atoms with Gasteiger partial charge in [-0.3, -0.25) is 0 Å². The van der Waals surface area contributed by atoms with E-state index in [1.807, 2.05) is 19.2 Å². The van der Waals surface area contributed by atoms with E-state index in [2.05, 4.69) is 12.2 Å². The van der Waals surface area contributed by atoms with Crippen LogP contribution in [0.1, 0.15) is 25.1 Å². The molecule has 1 saturated heterocycles. The van der Waals surface area contributed by atoms with E-state index in [1.165, 1.54) is 0 Å². The van der Waals surface area contributed by atoms with E-state index in [0.29, 0.717) is 5.92 Å². The second-order valence-electron chi connectivity index (χ2n) is 3.88. The molecule has 3 heteroatoms. The first-order chi connectivity index (χ1) is 6.83. The number of rotatable bonds is 3. The molecule has 0 bridgehead atoms. The zero-order chi connectivity index (χ0) is 9.97. The number of furan rings is 1. The first kappa shape index (κ1) is 9.74. The van der Waals surface area contributed by atoms with Crippen LogP contribution in [0, 0.1) is 5.92 Å². The molecule has 2 rings (SSSR count). The van der Waals surface area contributed by atoms with Gasteiger partial charge in [-0.2, -0.15) is 0 Å². The van der Waals surface area contributed by atoms with Crippen LogP contribution in [0.4, 0.5) is 0 Å². The molecular formula is C11H17NO2. The predicted octanol–water partition coefficient (Wildman–Crippen LogP) is 1.97. The Bertz CT molecular complexity index is 271. The number of likely N-dealkylation sites (N-methyl/N-ethyl adjacent to an activating group) is 1. The van der Waals surface area contributed by atoms with Gasteiger partial charge in [0.05, 0.1) is 18.4 Å². The quantitative estimate of drug-likeness (QED) is 0.800. The second-order valence-corrected chi connectivity index (χ2v) is 3.88. The van der Waals surface area contributed by atoms with Gasteiger partial charge in [-0.1, -0.05) is 6.92 Å². The lowest BCUT2D eigenvalue weighted by Crippen LogP contribution is -2.32. The van der Waals surface area contributed by atoms with E-state index in [0.717, 1.165) is 18.8 Å². The third kappa shape index (κ3) is 1.70. The van der Waals surface area contributed by atoms with Crippen molar-refractivity contribution in [2.75, 3.05) is 13.7 Å². The molecule has 0 spiro atoms. The minimum absolute atomic E-state index is 0.183. The Kier molecular flexibility index (Phi) is 2.89. The largest absolute Gasteiger partial charge is 0.468 e. The fourth-order valence-electron chi connectivity index (χ4n) is 2.08. The van der Waals surface area contributed by atoms with Crippen LogP contribution >= 0.6 is 0 Å². The van der Waals surface area contributed by atoms with Crippen molar-refractivity contribution in [3.05, 3.63) is 24.2 Å². The molecular weight excluding hydrogens is 178 g/mol. The number of nitrogens with one attached hydrogen (secondary N) is 1. The zero-order valence-electron chi connectivity index (χ0n) is 8.69. The van der Waals surface area contributed by atoms with E-state index >= 15 is 0 Å². The third-order valence-electron chi connectivity index (χ3n) is 2.93. The summed E-state index contributed by atoms with van der Waals surface area (Å²) < 4.78 is 11.1. The maximum Gasteiger partial charge on any atom is 0.123 e. The Morgan fingerprint density at radius 1 is 1.57 bits per heavy atom. The van der Waals surface area contributed by atoms with Crippen molar-refractivity contribution in [2.45, 2.75) is 25.5 Å². The van der Waals surface area contributed by atoms with E-state index in [4.69, 9.17) is 9.15 Å². The molecule has 1 N–H and O–H groups in total. The van der Waals surface area contributed by atoms with Crippen LogP contribution in [0.3, 0.4) is 0 Å². The fraction of sp³-hybridized carbons (Fsp3) is 0.636. The fourth-order valence-corrected chi connectivity index (χ4v) is 2.08. The summed E-state index contributed by atoms with van der Waals surface area (Å²) in [5, 5.41) is 3.26. The molecule has 78 valence electrons. The van der Waals surface area contributed by atoms with E-state index in [-0.39, 0.29) is 12.1 Å². The standard InChI is InChI=1S/C11H17NO2/c1-8-5-7-14-11(8)10(12-2)9-4-3-6-13-9/h3-4,6,8,10-12H,5,7H2,1-2H3. The molecule has 3 unspecified atom stereocenters.